The van der Waals surface area contributed by atoms with E-state index in [4.69, 9.17) is 21.1 Å². The van der Waals surface area contributed by atoms with Crippen LogP contribution in [0.5, 0.6) is 11.5 Å². The van der Waals surface area contributed by atoms with Gasteiger partial charge in [-0.1, -0.05) is 11.6 Å². The maximum Gasteiger partial charge on any atom is 0.266 e. The zero-order chi connectivity index (χ0) is 18.9. The number of carbonyl (C=O) groups excluding carboxylic acids is 1. The number of hydrogen-bond acceptors (Lipinski definition) is 4. The van der Waals surface area contributed by atoms with Crippen LogP contribution in [0.15, 0.2) is 48.0 Å². The van der Waals surface area contributed by atoms with Gasteiger partial charge >= 0.3 is 0 Å². The minimum absolute atomic E-state index is 0.0536. The lowest BCUT2D eigenvalue weighted by atomic mass is 10.1. The number of hydrogen-bond donors (Lipinski definition) is 1. The summed E-state index contributed by atoms with van der Waals surface area (Å²) in [5.74, 6) is 0.749. The molecule has 0 heterocycles. The predicted molar refractivity (Wildman–Crippen MR) is 102 cm³/mol. The summed E-state index contributed by atoms with van der Waals surface area (Å²) >= 11 is 6.01. The molecule has 0 aliphatic carbocycles. The van der Waals surface area contributed by atoms with Crippen LogP contribution in [0.3, 0.4) is 0 Å². The molecule has 0 saturated carbocycles. The lowest BCUT2D eigenvalue weighted by molar-refractivity contribution is -0.112. The Kier molecular flexibility index (Phi) is 7.07. The van der Waals surface area contributed by atoms with E-state index < -0.39 is 5.91 Å². The molecule has 0 aliphatic rings. The highest BCUT2D eigenvalue weighted by Crippen LogP contribution is 2.26. The van der Waals surface area contributed by atoms with Crippen molar-refractivity contribution >= 4 is 29.3 Å². The van der Waals surface area contributed by atoms with Crippen LogP contribution in [-0.4, -0.2) is 19.1 Å². The Balaban J connectivity index is 2.22. The summed E-state index contributed by atoms with van der Waals surface area (Å²) < 4.78 is 10.9. The second-order valence-electron chi connectivity index (χ2n) is 5.20. The van der Waals surface area contributed by atoms with E-state index in [1.54, 1.807) is 42.5 Å². The van der Waals surface area contributed by atoms with E-state index in [1.807, 2.05) is 19.9 Å². The molecule has 0 aliphatic heterocycles. The van der Waals surface area contributed by atoms with Gasteiger partial charge in [0.25, 0.3) is 5.91 Å². The fourth-order valence-corrected chi connectivity index (χ4v) is 2.40. The number of nitrogens with one attached hydrogen (secondary N) is 1. The van der Waals surface area contributed by atoms with Crippen molar-refractivity contribution in [2.75, 3.05) is 18.5 Å². The molecule has 0 bridgehead atoms. The summed E-state index contributed by atoms with van der Waals surface area (Å²) in [4.78, 5) is 12.4. The number of nitriles is 1. The van der Waals surface area contributed by atoms with Crippen molar-refractivity contribution in [3.05, 3.63) is 58.6 Å². The van der Waals surface area contributed by atoms with E-state index >= 15 is 0 Å². The van der Waals surface area contributed by atoms with E-state index in [2.05, 4.69) is 5.32 Å². The molecular weight excluding hydrogens is 352 g/mol. The molecule has 0 spiro atoms. The molecule has 5 nitrogen and oxygen atoms in total. The zero-order valence-corrected chi connectivity index (χ0v) is 15.3. The Hall–Kier alpha value is -2.97. The highest BCUT2D eigenvalue weighted by Gasteiger charge is 2.12. The maximum atomic E-state index is 12.4. The van der Waals surface area contributed by atoms with E-state index in [0.29, 0.717) is 41.0 Å². The Morgan fingerprint density at radius 2 is 1.85 bits per heavy atom. The topological polar surface area (TPSA) is 71.3 Å². The molecule has 0 saturated heterocycles. The smallest absolute Gasteiger partial charge is 0.266 e. The first-order chi connectivity index (χ1) is 12.6. The van der Waals surface area contributed by atoms with Gasteiger partial charge in [0.1, 0.15) is 23.1 Å². The molecule has 0 unspecified atom stereocenters. The van der Waals surface area contributed by atoms with E-state index in [1.165, 1.54) is 6.08 Å². The molecule has 0 atom stereocenters. The zero-order valence-electron chi connectivity index (χ0n) is 14.6. The molecule has 6 heteroatoms. The van der Waals surface area contributed by atoms with Crippen molar-refractivity contribution in [3.8, 4) is 17.6 Å². The summed E-state index contributed by atoms with van der Waals surface area (Å²) in [5, 5.41) is 12.5. The molecule has 1 N–H and O–H groups in total. The van der Waals surface area contributed by atoms with Crippen molar-refractivity contribution in [2.45, 2.75) is 13.8 Å². The van der Waals surface area contributed by atoms with Crippen LogP contribution in [0, 0.1) is 11.3 Å². The van der Waals surface area contributed by atoms with Crippen LogP contribution in [0.2, 0.25) is 5.02 Å². The van der Waals surface area contributed by atoms with Crippen LogP contribution in [0.25, 0.3) is 6.08 Å². The summed E-state index contributed by atoms with van der Waals surface area (Å²) in [5.41, 5.74) is 1.08. The third-order valence-corrected chi connectivity index (χ3v) is 3.59. The summed E-state index contributed by atoms with van der Waals surface area (Å²) in [6, 6.07) is 13.9. The first-order valence-electron chi connectivity index (χ1n) is 8.15. The fraction of sp³-hybridized carbons (Fsp3) is 0.200. The van der Waals surface area contributed by atoms with Gasteiger partial charge in [-0.15, -0.1) is 0 Å². The second kappa shape index (κ2) is 9.50. The molecule has 0 radical (unpaired) electrons. The minimum atomic E-state index is -0.515. The first kappa shape index (κ1) is 19.4. The fourth-order valence-electron chi connectivity index (χ4n) is 2.22. The van der Waals surface area contributed by atoms with Gasteiger partial charge in [0.2, 0.25) is 0 Å². The van der Waals surface area contributed by atoms with Gasteiger partial charge in [-0.05, 0) is 62.4 Å². The Morgan fingerprint density at radius 1 is 1.15 bits per heavy atom. The molecule has 134 valence electrons. The summed E-state index contributed by atoms with van der Waals surface area (Å²) in [6.45, 7) is 4.77. The van der Waals surface area contributed by atoms with E-state index in [9.17, 15) is 10.1 Å². The van der Waals surface area contributed by atoms with Gasteiger partial charge in [-0.3, -0.25) is 4.79 Å². The average molecular weight is 371 g/mol. The molecule has 26 heavy (non-hydrogen) atoms. The monoisotopic (exact) mass is 370 g/mol. The van der Waals surface area contributed by atoms with Crippen LogP contribution < -0.4 is 14.8 Å². The lowest BCUT2D eigenvalue weighted by Gasteiger charge is -2.09. The van der Waals surface area contributed by atoms with Crippen LogP contribution in [0.4, 0.5) is 5.69 Å². The first-order valence-corrected chi connectivity index (χ1v) is 8.53. The van der Waals surface area contributed by atoms with Crippen molar-refractivity contribution < 1.29 is 14.3 Å². The lowest BCUT2D eigenvalue weighted by Crippen LogP contribution is -2.13. The third kappa shape index (κ3) is 5.27. The number of benzene rings is 2. The normalized spacial score (nSPS) is 10.8. The second-order valence-corrected chi connectivity index (χ2v) is 5.63. The molecular formula is C20H19ClN2O3. The molecule has 2 aromatic rings. The van der Waals surface area contributed by atoms with Crippen molar-refractivity contribution in [3.63, 3.8) is 0 Å². The Labute approximate surface area is 157 Å². The maximum absolute atomic E-state index is 12.4. The molecule has 2 aromatic carbocycles. The number of amides is 1. The number of anilines is 1. The van der Waals surface area contributed by atoms with Crippen molar-refractivity contribution in [1.29, 1.82) is 5.26 Å². The van der Waals surface area contributed by atoms with Gasteiger partial charge in [-0.25, -0.2) is 0 Å². The predicted octanol–water partition coefficient (Wildman–Crippen LogP) is 4.68. The Morgan fingerprint density at radius 3 is 2.46 bits per heavy atom. The molecule has 0 fully saturated rings. The third-order valence-electron chi connectivity index (χ3n) is 3.36. The van der Waals surface area contributed by atoms with Crippen LogP contribution in [0.1, 0.15) is 19.4 Å². The van der Waals surface area contributed by atoms with Gasteiger partial charge in [0.15, 0.2) is 0 Å². The largest absolute Gasteiger partial charge is 0.494 e. The quantitative estimate of drug-likeness (QED) is 0.567. The molecule has 0 aromatic heterocycles. The van der Waals surface area contributed by atoms with Crippen LogP contribution in [-0.2, 0) is 4.79 Å². The van der Waals surface area contributed by atoms with Gasteiger partial charge in [-0.2, -0.15) is 5.26 Å². The van der Waals surface area contributed by atoms with Gasteiger partial charge < -0.3 is 14.8 Å². The van der Waals surface area contributed by atoms with Crippen molar-refractivity contribution in [1.82, 2.24) is 0 Å². The Bertz CT molecular complexity index is 839. The molecule has 2 rings (SSSR count). The van der Waals surface area contributed by atoms with Crippen molar-refractivity contribution in [2.24, 2.45) is 0 Å². The SMILES string of the molecule is CCOc1ccc(NC(=O)/C(C#N)=C/c2cc(Cl)ccc2OCC)cc1. The van der Waals surface area contributed by atoms with Gasteiger partial charge in [0, 0.05) is 16.3 Å². The summed E-state index contributed by atoms with van der Waals surface area (Å²) in [7, 11) is 0. The van der Waals surface area contributed by atoms with Crippen LogP contribution >= 0.6 is 11.6 Å². The minimum Gasteiger partial charge on any atom is -0.494 e. The number of carbonyl (C=O) groups is 1. The highest BCUT2D eigenvalue weighted by molar-refractivity contribution is 6.30. The van der Waals surface area contributed by atoms with E-state index in [0.717, 1.165) is 0 Å². The number of nitrogens with zero attached hydrogens (tertiary/aromatic N) is 1. The number of ether oxygens (including phenoxy) is 2. The van der Waals surface area contributed by atoms with Gasteiger partial charge in [0.05, 0.1) is 13.2 Å². The standard InChI is InChI=1S/C20H19ClN2O3/c1-3-25-18-8-6-17(7-9-18)23-20(24)15(13-22)11-14-12-16(21)5-10-19(14)26-4-2/h5-12H,3-4H2,1-2H3,(H,23,24)/b15-11+. The number of halogens is 1. The summed E-state index contributed by atoms with van der Waals surface area (Å²) in [6.07, 6.45) is 1.46. The van der Waals surface area contributed by atoms with E-state index in [-0.39, 0.29) is 5.57 Å². The number of rotatable bonds is 7. The average Bonchev–Trinajstić information content (AvgIpc) is 2.63. The molecule has 1 amide bonds. The highest BCUT2D eigenvalue weighted by atomic mass is 35.5.